The number of anilines is 1. The average molecular weight is 355 g/mol. The molecule has 2 fully saturated rings. The van der Waals surface area contributed by atoms with E-state index in [4.69, 9.17) is 4.74 Å². The highest BCUT2D eigenvalue weighted by molar-refractivity contribution is 5.97. The molecule has 1 N–H and O–H groups in total. The van der Waals surface area contributed by atoms with Crippen molar-refractivity contribution in [3.63, 3.8) is 0 Å². The molecule has 1 aromatic rings. The van der Waals surface area contributed by atoms with E-state index >= 15 is 0 Å². The summed E-state index contributed by atoms with van der Waals surface area (Å²) in [5, 5.41) is 12.4. The van der Waals surface area contributed by atoms with Gasteiger partial charge in [-0.1, -0.05) is 25.3 Å². The lowest BCUT2D eigenvalue weighted by Crippen LogP contribution is -2.36. The number of carbonyl (C=O) groups excluding carboxylic acids is 2. The highest BCUT2D eigenvalue weighted by Gasteiger charge is 2.39. The lowest BCUT2D eigenvalue weighted by Gasteiger charge is -2.29. The van der Waals surface area contributed by atoms with Crippen LogP contribution in [0.15, 0.2) is 24.3 Å². The zero-order valence-electron chi connectivity index (χ0n) is 15.0. The Morgan fingerprint density at radius 3 is 2.58 bits per heavy atom. The second-order valence-corrected chi connectivity index (χ2v) is 7.11. The molecule has 1 aliphatic carbocycles. The molecule has 6 nitrogen and oxygen atoms in total. The van der Waals surface area contributed by atoms with Crippen LogP contribution in [0.1, 0.15) is 44.9 Å². The van der Waals surface area contributed by atoms with Crippen molar-refractivity contribution in [2.75, 3.05) is 25.0 Å². The molecular formula is C20H25N3O3. The van der Waals surface area contributed by atoms with E-state index in [0.717, 1.165) is 45.2 Å². The molecule has 3 rings (SSSR count). The first kappa shape index (κ1) is 18.2. The molecule has 2 amide bonds. The van der Waals surface area contributed by atoms with Crippen LogP contribution in [0.2, 0.25) is 0 Å². The number of nitrogens with zero attached hydrogens (tertiary/aromatic N) is 2. The van der Waals surface area contributed by atoms with Gasteiger partial charge in [-0.05, 0) is 37.8 Å². The van der Waals surface area contributed by atoms with Crippen molar-refractivity contribution >= 4 is 17.5 Å². The molecule has 1 aromatic carbocycles. The molecule has 0 bridgehead atoms. The van der Waals surface area contributed by atoms with Crippen molar-refractivity contribution in [2.45, 2.75) is 44.9 Å². The Hall–Kier alpha value is -2.55. The first-order chi connectivity index (χ1) is 12.6. The summed E-state index contributed by atoms with van der Waals surface area (Å²) in [5.41, 5.74) is -0.345. The number of nitrogens with one attached hydrogen (secondary N) is 1. The van der Waals surface area contributed by atoms with Gasteiger partial charge in [-0.15, -0.1) is 0 Å². The van der Waals surface area contributed by atoms with Crippen LogP contribution in [-0.2, 0) is 9.59 Å². The van der Waals surface area contributed by atoms with E-state index in [1.807, 2.05) is 4.90 Å². The van der Waals surface area contributed by atoms with Crippen LogP contribution in [0, 0.1) is 16.7 Å². The molecule has 0 spiro atoms. The predicted octanol–water partition coefficient (Wildman–Crippen LogP) is 3.10. The van der Waals surface area contributed by atoms with Gasteiger partial charge in [0.05, 0.1) is 6.07 Å². The van der Waals surface area contributed by atoms with Gasteiger partial charge in [0, 0.05) is 24.8 Å². The minimum atomic E-state index is -0.930. The summed E-state index contributed by atoms with van der Waals surface area (Å²) in [7, 11) is 0. The van der Waals surface area contributed by atoms with E-state index in [-0.39, 0.29) is 18.4 Å². The highest BCUT2D eigenvalue weighted by atomic mass is 16.5. The Kier molecular flexibility index (Phi) is 5.77. The number of likely N-dealkylation sites (tertiary alicyclic amines) is 1. The molecule has 2 aliphatic rings. The highest BCUT2D eigenvalue weighted by Crippen LogP contribution is 2.37. The van der Waals surface area contributed by atoms with E-state index in [1.54, 1.807) is 24.3 Å². The van der Waals surface area contributed by atoms with Crippen LogP contribution >= 0.6 is 0 Å². The molecule has 1 saturated carbocycles. The van der Waals surface area contributed by atoms with Gasteiger partial charge in [-0.25, -0.2) is 0 Å². The fourth-order valence-corrected chi connectivity index (χ4v) is 3.66. The van der Waals surface area contributed by atoms with E-state index in [2.05, 4.69) is 11.4 Å². The minimum absolute atomic E-state index is 0.000463. The third-order valence-electron chi connectivity index (χ3n) is 5.27. The van der Waals surface area contributed by atoms with Gasteiger partial charge in [0.2, 0.25) is 5.91 Å². The molecule has 1 aliphatic heterocycles. The lowest BCUT2D eigenvalue weighted by atomic mass is 9.74. The van der Waals surface area contributed by atoms with Crippen molar-refractivity contribution in [1.29, 1.82) is 5.26 Å². The molecule has 0 atom stereocenters. The number of rotatable bonds is 5. The summed E-state index contributed by atoms with van der Waals surface area (Å²) < 4.78 is 5.59. The van der Waals surface area contributed by atoms with E-state index in [1.165, 1.54) is 0 Å². The van der Waals surface area contributed by atoms with Crippen molar-refractivity contribution in [1.82, 2.24) is 4.90 Å². The molecular weight excluding hydrogens is 330 g/mol. The maximum atomic E-state index is 12.6. The van der Waals surface area contributed by atoms with Gasteiger partial charge < -0.3 is 15.0 Å². The zero-order valence-corrected chi connectivity index (χ0v) is 15.0. The Morgan fingerprint density at radius 2 is 1.88 bits per heavy atom. The SMILES string of the molecule is N#CC1(C(=O)Nc2cccc(OCC(=O)N3CCCC3)c2)CCCCC1. The van der Waals surface area contributed by atoms with Crippen LogP contribution in [0.5, 0.6) is 5.75 Å². The summed E-state index contributed by atoms with van der Waals surface area (Å²) in [4.78, 5) is 26.5. The van der Waals surface area contributed by atoms with Crippen LogP contribution in [0.4, 0.5) is 5.69 Å². The van der Waals surface area contributed by atoms with Crippen molar-refractivity contribution in [2.24, 2.45) is 5.41 Å². The number of benzene rings is 1. The van der Waals surface area contributed by atoms with Crippen LogP contribution in [0.3, 0.4) is 0 Å². The third kappa shape index (κ3) is 4.16. The van der Waals surface area contributed by atoms with Gasteiger partial charge in [-0.2, -0.15) is 5.26 Å². The Morgan fingerprint density at radius 1 is 1.15 bits per heavy atom. The van der Waals surface area contributed by atoms with Gasteiger partial charge in [0.25, 0.3) is 5.91 Å². The molecule has 1 heterocycles. The average Bonchev–Trinajstić information content (AvgIpc) is 3.22. The molecule has 138 valence electrons. The first-order valence-electron chi connectivity index (χ1n) is 9.36. The molecule has 6 heteroatoms. The summed E-state index contributed by atoms with van der Waals surface area (Å²) in [6, 6.07) is 9.22. The molecule has 0 aromatic heterocycles. The number of carbonyl (C=O) groups is 2. The summed E-state index contributed by atoms with van der Waals surface area (Å²) in [6.07, 6.45) is 6.20. The Bertz CT molecular complexity index is 698. The van der Waals surface area contributed by atoms with Gasteiger partial charge in [0.15, 0.2) is 6.61 Å². The smallest absolute Gasteiger partial charge is 0.260 e. The number of nitriles is 1. The quantitative estimate of drug-likeness (QED) is 0.880. The normalized spacial score (nSPS) is 18.8. The number of hydrogen-bond donors (Lipinski definition) is 1. The minimum Gasteiger partial charge on any atom is -0.484 e. The van der Waals surface area contributed by atoms with E-state index in [0.29, 0.717) is 24.3 Å². The van der Waals surface area contributed by atoms with Crippen LogP contribution in [-0.4, -0.2) is 36.4 Å². The Labute approximate surface area is 154 Å². The fourth-order valence-electron chi connectivity index (χ4n) is 3.66. The molecule has 26 heavy (non-hydrogen) atoms. The second-order valence-electron chi connectivity index (χ2n) is 7.11. The van der Waals surface area contributed by atoms with E-state index < -0.39 is 5.41 Å². The first-order valence-corrected chi connectivity index (χ1v) is 9.36. The van der Waals surface area contributed by atoms with Crippen molar-refractivity contribution < 1.29 is 14.3 Å². The Balaban J connectivity index is 1.59. The van der Waals surface area contributed by atoms with Crippen molar-refractivity contribution in [3.8, 4) is 11.8 Å². The van der Waals surface area contributed by atoms with Gasteiger partial charge in [-0.3, -0.25) is 9.59 Å². The molecule has 1 saturated heterocycles. The van der Waals surface area contributed by atoms with Gasteiger partial charge >= 0.3 is 0 Å². The second kappa shape index (κ2) is 8.22. The van der Waals surface area contributed by atoms with Crippen molar-refractivity contribution in [3.05, 3.63) is 24.3 Å². The van der Waals surface area contributed by atoms with E-state index in [9.17, 15) is 14.9 Å². The summed E-state index contributed by atoms with van der Waals surface area (Å²) in [5.74, 6) is 0.276. The maximum Gasteiger partial charge on any atom is 0.260 e. The lowest BCUT2D eigenvalue weighted by molar-refractivity contribution is -0.132. The standard InChI is InChI=1S/C20H25N3O3/c21-15-20(9-2-1-3-10-20)19(25)22-16-7-6-8-17(13-16)26-14-18(24)23-11-4-5-12-23/h6-8,13H,1-5,9-12,14H2,(H,22,25). The van der Waals surface area contributed by atoms with Crippen LogP contribution in [0.25, 0.3) is 0 Å². The van der Waals surface area contributed by atoms with Gasteiger partial charge in [0.1, 0.15) is 11.2 Å². The maximum absolute atomic E-state index is 12.6. The zero-order chi connectivity index (χ0) is 18.4. The summed E-state index contributed by atoms with van der Waals surface area (Å²) in [6.45, 7) is 1.60. The predicted molar refractivity (Wildman–Crippen MR) is 97.5 cm³/mol. The molecule has 0 radical (unpaired) electrons. The monoisotopic (exact) mass is 355 g/mol. The number of amides is 2. The largest absolute Gasteiger partial charge is 0.484 e. The van der Waals surface area contributed by atoms with Crippen LogP contribution < -0.4 is 10.1 Å². The third-order valence-corrected chi connectivity index (χ3v) is 5.27. The number of hydrogen-bond acceptors (Lipinski definition) is 4. The fraction of sp³-hybridized carbons (Fsp3) is 0.550. The molecule has 0 unspecified atom stereocenters. The summed E-state index contributed by atoms with van der Waals surface area (Å²) >= 11 is 0. The topological polar surface area (TPSA) is 82.4 Å². The number of ether oxygens (including phenoxy) is 1.